The molecule has 0 amide bonds. The maximum absolute atomic E-state index is 12.0. The van der Waals surface area contributed by atoms with E-state index in [1.54, 1.807) is 18.2 Å². The van der Waals surface area contributed by atoms with Crippen molar-refractivity contribution in [3.05, 3.63) is 69.1 Å². The van der Waals surface area contributed by atoms with Crippen molar-refractivity contribution in [2.45, 2.75) is 40.3 Å². The molecular weight excluding hydrogens is 340 g/mol. The van der Waals surface area contributed by atoms with Gasteiger partial charge in [0.25, 0.3) is 0 Å². The highest BCUT2D eigenvalue weighted by molar-refractivity contribution is 5.84. The SMILES string of the molecule is Cc1ccc2c(CNc3cc(C#N)ccc3OC(C)C)cc(=O)oc2c1C. The van der Waals surface area contributed by atoms with Crippen molar-refractivity contribution < 1.29 is 9.15 Å². The Hall–Kier alpha value is -3.26. The second-order valence-corrected chi connectivity index (χ2v) is 6.82. The van der Waals surface area contributed by atoms with Crippen molar-refractivity contribution >= 4 is 16.7 Å². The third kappa shape index (κ3) is 3.95. The monoisotopic (exact) mass is 362 g/mol. The number of anilines is 1. The number of benzene rings is 2. The van der Waals surface area contributed by atoms with Crippen LogP contribution in [0.25, 0.3) is 11.0 Å². The van der Waals surface area contributed by atoms with Gasteiger partial charge in [-0.3, -0.25) is 0 Å². The average Bonchev–Trinajstić information content (AvgIpc) is 2.63. The predicted molar refractivity (Wildman–Crippen MR) is 106 cm³/mol. The van der Waals surface area contributed by atoms with Crippen LogP contribution in [0.3, 0.4) is 0 Å². The molecule has 0 spiro atoms. The number of ether oxygens (including phenoxy) is 1. The van der Waals surface area contributed by atoms with Gasteiger partial charge in [-0.2, -0.15) is 5.26 Å². The summed E-state index contributed by atoms with van der Waals surface area (Å²) in [4.78, 5) is 12.0. The van der Waals surface area contributed by atoms with Gasteiger partial charge in [-0.25, -0.2) is 4.79 Å². The minimum atomic E-state index is -0.377. The summed E-state index contributed by atoms with van der Waals surface area (Å²) < 4.78 is 11.3. The first-order valence-electron chi connectivity index (χ1n) is 8.86. The Morgan fingerprint density at radius 3 is 2.67 bits per heavy atom. The summed E-state index contributed by atoms with van der Waals surface area (Å²) in [6.07, 6.45) is 0.00807. The number of fused-ring (bicyclic) bond motifs is 1. The lowest BCUT2D eigenvalue weighted by Crippen LogP contribution is -2.10. The van der Waals surface area contributed by atoms with E-state index in [0.717, 1.165) is 22.1 Å². The second kappa shape index (κ2) is 7.55. The number of hydrogen-bond acceptors (Lipinski definition) is 5. The van der Waals surface area contributed by atoms with E-state index in [2.05, 4.69) is 11.4 Å². The fraction of sp³-hybridized carbons (Fsp3) is 0.273. The fourth-order valence-corrected chi connectivity index (χ4v) is 2.96. The Morgan fingerprint density at radius 2 is 1.96 bits per heavy atom. The zero-order valence-corrected chi connectivity index (χ0v) is 15.9. The summed E-state index contributed by atoms with van der Waals surface area (Å²) in [5.74, 6) is 0.670. The molecular formula is C22H22N2O3. The first-order valence-corrected chi connectivity index (χ1v) is 8.86. The van der Waals surface area contributed by atoms with Gasteiger partial charge in [-0.1, -0.05) is 12.1 Å². The summed E-state index contributed by atoms with van der Waals surface area (Å²) in [5, 5.41) is 13.4. The van der Waals surface area contributed by atoms with E-state index in [9.17, 15) is 10.1 Å². The molecule has 0 radical (unpaired) electrons. The van der Waals surface area contributed by atoms with Gasteiger partial charge < -0.3 is 14.5 Å². The van der Waals surface area contributed by atoms with Crippen LogP contribution < -0.4 is 15.7 Å². The molecule has 3 rings (SSSR count). The second-order valence-electron chi connectivity index (χ2n) is 6.82. The number of nitrogens with one attached hydrogen (secondary N) is 1. The maximum atomic E-state index is 12.0. The minimum Gasteiger partial charge on any atom is -0.489 e. The summed E-state index contributed by atoms with van der Waals surface area (Å²) in [6.45, 7) is 8.24. The lowest BCUT2D eigenvalue weighted by atomic mass is 10.0. The Balaban J connectivity index is 1.99. The molecule has 0 aliphatic heterocycles. The Labute approximate surface area is 158 Å². The van der Waals surface area contributed by atoms with Gasteiger partial charge in [0.1, 0.15) is 11.3 Å². The molecule has 0 bridgehead atoms. The highest BCUT2D eigenvalue weighted by atomic mass is 16.5. The maximum Gasteiger partial charge on any atom is 0.336 e. The van der Waals surface area contributed by atoms with Gasteiger partial charge in [-0.15, -0.1) is 0 Å². The van der Waals surface area contributed by atoms with Crippen LogP contribution >= 0.6 is 0 Å². The summed E-state index contributed by atoms with van der Waals surface area (Å²) >= 11 is 0. The van der Waals surface area contributed by atoms with E-state index < -0.39 is 0 Å². The molecule has 5 nitrogen and oxygen atoms in total. The van der Waals surface area contributed by atoms with E-state index in [0.29, 0.717) is 29.1 Å². The molecule has 0 fully saturated rings. The average molecular weight is 362 g/mol. The molecule has 2 aromatic carbocycles. The van der Waals surface area contributed by atoms with Crippen LogP contribution in [0.4, 0.5) is 5.69 Å². The van der Waals surface area contributed by atoms with Gasteiger partial charge in [0.05, 0.1) is 23.4 Å². The molecule has 138 valence electrons. The summed E-state index contributed by atoms with van der Waals surface area (Å²) in [6, 6.07) is 12.9. The van der Waals surface area contributed by atoms with Crippen molar-refractivity contribution in [3.8, 4) is 11.8 Å². The molecule has 0 unspecified atom stereocenters. The minimum absolute atomic E-state index is 0.00807. The van der Waals surface area contributed by atoms with E-state index in [-0.39, 0.29) is 11.7 Å². The normalized spacial score (nSPS) is 10.8. The Bertz CT molecular complexity index is 1090. The van der Waals surface area contributed by atoms with Gasteiger partial charge in [-0.05, 0) is 62.6 Å². The van der Waals surface area contributed by atoms with Crippen molar-refractivity contribution in [2.24, 2.45) is 0 Å². The van der Waals surface area contributed by atoms with Crippen LogP contribution in [-0.4, -0.2) is 6.10 Å². The number of nitrogens with zero attached hydrogens (tertiary/aromatic N) is 1. The highest BCUT2D eigenvalue weighted by Crippen LogP contribution is 2.29. The van der Waals surface area contributed by atoms with Crippen molar-refractivity contribution in [3.63, 3.8) is 0 Å². The molecule has 1 aromatic heterocycles. The largest absolute Gasteiger partial charge is 0.489 e. The lowest BCUT2D eigenvalue weighted by molar-refractivity contribution is 0.243. The van der Waals surface area contributed by atoms with Crippen molar-refractivity contribution in [1.29, 1.82) is 5.26 Å². The van der Waals surface area contributed by atoms with Crippen LogP contribution in [0.5, 0.6) is 5.75 Å². The van der Waals surface area contributed by atoms with Crippen LogP contribution in [0.1, 0.15) is 36.1 Å². The van der Waals surface area contributed by atoms with Crippen LogP contribution in [0.15, 0.2) is 45.6 Å². The van der Waals surface area contributed by atoms with Gasteiger partial charge in [0.15, 0.2) is 0 Å². The summed E-state index contributed by atoms with van der Waals surface area (Å²) in [7, 11) is 0. The van der Waals surface area contributed by atoms with E-state index in [4.69, 9.17) is 9.15 Å². The Kier molecular flexibility index (Phi) is 5.18. The molecule has 0 atom stereocenters. The number of rotatable bonds is 5. The number of aryl methyl sites for hydroxylation is 2. The van der Waals surface area contributed by atoms with Gasteiger partial charge in [0, 0.05) is 18.0 Å². The molecule has 0 aliphatic rings. The van der Waals surface area contributed by atoms with Crippen LogP contribution in [-0.2, 0) is 6.54 Å². The molecule has 1 heterocycles. The molecule has 0 saturated carbocycles. The molecule has 3 aromatic rings. The van der Waals surface area contributed by atoms with Crippen molar-refractivity contribution in [2.75, 3.05) is 5.32 Å². The molecule has 0 aliphatic carbocycles. The molecule has 0 saturated heterocycles. The predicted octanol–water partition coefficient (Wildman–Crippen LogP) is 4.68. The van der Waals surface area contributed by atoms with E-state index in [1.807, 2.05) is 39.8 Å². The first kappa shape index (κ1) is 18.5. The zero-order chi connectivity index (χ0) is 19.6. The molecule has 27 heavy (non-hydrogen) atoms. The zero-order valence-electron chi connectivity index (χ0n) is 15.9. The molecule has 1 N–H and O–H groups in total. The fourth-order valence-electron chi connectivity index (χ4n) is 2.96. The lowest BCUT2D eigenvalue weighted by Gasteiger charge is -2.16. The smallest absolute Gasteiger partial charge is 0.336 e. The number of hydrogen-bond donors (Lipinski definition) is 1. The van der Waals surface area contributed by atoms with Crippen LogP contribution in [0, 0.1) is 25.2 Å². The van der Waals surface area contributed by atoms with Crippen molar-refractivity contribution in [1.82, 2.24) is 0 Å². The third-order valence-corrected chi connectivity index (χ3v) is 4.46. The van der Waals surface area contributed by atoms with E-state index in [1.165, 1.54) is 6.07 Å². The van der Waals surface area contributed by atoms with E-state index >= 15 is 0 Å². The summed E-state index contributed by atoms with van der Waals surface area (Å²) in [5.41, 5.74) is 4.36. The van der Waals surface area contributed by atoms with Crippen LogP contribution in [0.2, 0.25) is 0 Å². The topological polar surface area (TPSA) is 75.3 Å². The number of nitriles is 1. The highest BCUT2D eigenvalue weighted by Gasteiger charge is 2.12. The van der Waals surface area contributed by atoms with Gasteiger partial charge >= 0.3 is 5.63 Å². The quantitative estimate of drug-likeness (QED) is 0.667. The molecule has 5 heteroatoms. The van der Waals surface area contributed by atoms with Gasteiger partial charge in [0.2, 0.25) is 0 Å². The first-order chi connectivity index (χ1) is 12.9. The third-order valence-electron chi connectivity index (χ3n) is 4.46. The standard InChI is InChI=1S/C22H22N2O3/c1-13(2)26-20-8-6-16(11-23)9-19(20)24-12-17-10-21(25)27-22-15(4)14(3)5-7-18(17)22/h5-10,13,24H,12H2,1-4H3. The Morgan fingerprint density at radius 1 is 1.19 bits per heavy atom.